The molecule has 182 valence electrons. The number of H-pyrrole nitrogens is 1. The largest absolute Gasteiger partial charge is 0.481 e. The minimum atomic E-state index is -1.02. The molecule has 0 aliphatic rings. The van der Waals surface area contributed by atoms with E-state index in [1.54, 1.807) is 0 Å². The molecule has 0 aliphatic carbocycles. The minimum absolute atomic E-state index is 0.162. The lowest BCUT2D eigenvalue weighted by Crippen LogP contribution is -2.50. The van der Waals surface area contributed by atoms with E-state index in [4.69, 9.17) is 5.73 Å². The van der Waals surface area contributed by atoms with Crippen LogP contribution in [-0.2, 0) is 20.8 Å². The summed E-state index contributed by atoms with van der Waals surface area (Å²) in [6.45, 7) is 5.08. The van der Waals surface area contributed by atoms with Gasteiger partial charge in [0.1, 0.15) is 6.04 Å². The first-order valence-electron chi connectivity index (χ1n) is 11.9. The molecule has 0 spiro atoms. The van der Waals surface area contributed by atoms with Gasteiger partial charge in [0.2, 0.25) is 11.8 Å². The van der Waals surface area contributed by atoms with Crippen LogP contribution in [0.1, 0.15) is 57.9 Å². The number of benzene rings is 1. The van der Waals surface area contributed by atoms with Crippen LogP contribution in [-0.4, -0.2) is 47.0 Å². The van der Waals surface area contributed by atoms with Crippen molar-refractivity contribution in [3.05, 3.63) is 36.0 Å². The van der Waals surface area contributed by atoms with Crippen molar-refractivity contribution in [1.82, 2.24) is 15.6 Å². The zero-order valence-electron chi connectivity index (χ0n) is 19.7. The Bertz CT molecular complexity index is 909. The summed E-state index contributed by atoms with van der Waals surface area (Å²) in [5.74, 6) is -2.20. The van der Waals surface area contributed by atoms with E-state index < -0.39 is 23.8 Å². The normalized spacial score (nSPS) is 13.1. The van der Waals surface area contributed by atoms with Crippen LogP contribution in [0.15, 0.2) is 30.5 Å². The Morgan fingerprint density at radius 1 is 1.06 bits per heavy atom. The van der Waals surface area contributed by atoms with Crippen molar-refractivity contribution in [2.75, 3.05) is 13.1 Å². The third-order valence-corrected chi connectivity index (χ3v) is 5.71. The molecule has 1 aromatic heterocycles. The summed E-state index contributed by atoms with van der Waals surface area (Å²) in [4.78, 5) is 40.5. The number of carbonyl (C=O) groups excluding carboxylic acids is 2. The smallest absolute Gasteiger partial charge is 0.304 e. The summed E-state index contributed by atoms with van der Waals surface area (Å²) in [5.41, 5.74) is 7.40. The topological polar surface area (TPSA) is 137 Å². The van der Waals surface area contributed by atoms with Gasteiger partial charge in [-0.25, -0.2) is 0 Å². The van der Waals surface area contributed by atoms with Crippen molar-refractivity contribution in [2.24, 2.45) is 17.6 Å². The average molecular weight is 459 g/mol. The van der Waals surface area contributed by atoms with Gasteiger partial charge in [0.15, 0.2) is 0 Å². The predicted molar refractivity (Wildman–Crippen MR) is 130 cm³/mol. The Hall–Kier alpha value is -2.87. The number of nitrogens with one attached hydrogen (secondary N) is 3. The van der Waals surface area contributed by atoms with Crippen molar-refractivity contribution < 1.29 is 19.5 Å². The molecule has 1 aromatic carbocycles. The summed E-state index contributed by atoms with van der Waals surface area (Å²) in [5, 5.41) is 16.0. The molecule has 2 aromatic rings. The minimum Gasteiger partial charge on any atom is -0.481 e. The molecule has 0 fully saturated rings. The number of nitrogens with two attached hydrogens (primary N) is 1. The van der Waals surface area contributed by atoms with Gasteiger partial charge in [-0.15, -0.1) is 0 Å². The van der Waals surface area contributed by atoms with E-state index >= 15 is 0 Å². The van der Waals surface area contributed by atoms with Gasteiger partial charge in [-0.3, -0.25) is 14.4 Å². The molecule has 0 bridgehead atoms. The van der Waals surface area contributed by atoms with Crippen LogP contribution in [0.2, 0.25) is 0 Å². The summed E-state index contributed by atoms with van der Waals surface area (Å²) in [6, 6.07) is 7.01. The Morgan fingerprint density at radius 2 is 1.79 bits per heavy atom. The van der Waals surface area contributed by atoms with Crippen molar-refractivity contribution in [3.8, 4) is 0 Å². The van der Waals surface area contributed by atoms with Gasteiger partial charge >= 0.3 is 5.97 Å². The van der Waals surface area contributed by atoms with Crippen molar-refractivity contribution in [3.63, 3.8) is 0 Å². The Balaban J connectivity index is 2.12. The highest BCUT2D eigenvalue weighted by atomic mass is 16.4. The number of unbranched alkanes of at least 4 members (excludes halogenated alkanes) is 3. The molecular formula is C25H38N4O4. The molecule has 0 radical (unpaired) electrons. The van der Waals surface area contributed by atoms with E-state index in [9.17, 15) is 19.5 Å². The van der Waals surface area contributed by atoms with Gasteiger partial charge in [-0.05, 0) is 43.4 Å². The molecule has 1 heterocycles. The Labute approximate surface area is 195 Å². The molecule has 2 atom stereocenters. The fourth-order valence-corrected chi connectivity index (χ4v) is 4.04. The third kappa shape index (κ3) is 8.88. The molecule has 6 N–H and O–H groups in total. The molecule has 1 unspecified atom stereocenters. The molecule has 2 rings (SSSR count). The van der Waals surface area contributed by atoms with Crippen LogP contribution in [0, 0.1) is 11.8 Å². The number of fused-ring (bicyclic) bond motifs is 1. The number of aromatic amines is 1. The number of amides is 2. The van der Waals surface area contributed by atoms with Crippen molar-refractivity contribution >= 4 is 28.7 Å². The van der Waals surface area contributed by atoms with Crippen LogP contribution < -0.4 is 16.4 Å². The Kier molecular flexibility index (Phi) is 10.9. The quantitative estimate of drug-likeness (QED) is 0.261. The highest BCUT2D eigenvalue weighted by Gasteiger charge is 2.28. The number of aliphatic carboxylic acids is 1. The van der Waals surface area contributed by atoms with Crippen molar-refractivity contribution in [2.45, 2.75) is 64.8 Å². The number of carbonyl (C=O) groups is 3. The van der Waals surface area contributed by atoms with Gasteiger partial charge in [0.05, 0.1) is 6.42 Å². The lowest BCUT2D eigenvalue weighted by atomic mass is 9.92. The molecule has 0 saturated heterocycles. The van der Waals surface area contributed by atoms with Gasteiger partial charge in [-0.2, -0.15) is 0 Å². The summed E-state index contributed by atoms with van der Waals surface area (Å²) < 4.78 is 0. The first-order valence-corrected chi connectivity index (χ1v) is 11.9. The van der Waals surface area contributed by atoms with E-state index in [-0.39, 0.29) is 18.2 Å². The van der Waals surface area contributed by atoms with E-state index in [0.717, 1.165) is 42.1 Å². The fourth-order valence-electron chi connectivity index (χ4n) is 4.04. The SMILES string of the molecule is CC(C)CC(CC(=O)O)C(=O)N[C@@H](Cc1c[nH]c2ccccc12)C(=O)NCCCCCCN. The van der Waals surface area contributed by atoms with E-state index in [1.165, 1.54) is 0 Å². The number of hydrogen-bond donors (Lipinski definition) is 5. The van der Waals surface area contributed by atoms with Crippen LogP contribution >= 0.6 is 0 Å². The zero-order chi connectivity index (χ0) is 24.2. The predicted octanol–water partition coefficient (Wildman–Crippen LogP) is 2.97. The van der Waals surface area contributed by atoms with Crippen LogP contribution in [0.3, 0.4) is 0 Å². The lowest BCUT2D eigenvalue weighted by molar-refractivity contribution is -0.141. The maximum absolute atomic E-state index is 13.0. The molecule has 2 amide bonds. The number of aromatic nitrogens is 1. The standard InChI is InChI=1S/C25H38N4O4/c1-17(2)13-18(15-23(30)31)24(32)29-22(25(33)27-12-8-4-3-7-11-26)14-19-16-28-21-10-6-5-9-20(19)21/h5-6,9-10,16-18,22,28H,3-4,7-8,11-15,26H2,1-2H3,(H,27,33)(H,29,32)(H,30,31)/t18?,22-/m0/s1. The van der Waals surface area contributed by atoms with E-state index in [0.29, 0.717) is 25.9 Å². The second kappa shape index (κ2) is 13.6. The van der Waals surface area contributed by atoms with Gasteiger partial charge < -0.3 is 26.5 Å². The number of rotatable bonds is 15. The zero-order valence-corrected chi connectivity index (χ0v) is 19.7. The highest BCUT2D eigenvalue weighted by Crippen LogP contribution is 2.20. The lowest BCUT2D eigenvalue weighted by Gasteiger charge is -2.23. The molecule has 8 nitrogen and oxygen atoms in total. The second-order valence-corrected chi connectivity index (χ2v) is 9.04. The average Bonchev–Trinajstić information content (AvgIpc) is 3.17. The number of carboxylic acids is 1. The highest BCUT2D eigenvalue weighted by molar-refractivity contribution is 5.91. The van der Waals surface area contributed by atoms with Gasteiger partial charge in [-0.1, -0.05) is 44.9 Å². The monoisotopic (exact) mass is 458 g/mol. The first kappa shape index (κ1) is 26.4. The fraction of sp³-hybridized carbons (Fsp3) is 0.560. The van der Waals surface area contributed by atoms with E-state index in [2.05, 4.69) is 15.6 Å². The third-order valence-electron chi connectivity index (χ3n) is 5.71. The molecule has 0 aliphatic heterocycles. The second-order valence-electron chi connectivity index (χ2n) is 9.04. The molecule has 33 heavy (non-hydrogen) atoms. The Morgan fingerprint density at radius 3 is 2.48 bits per heavy atom. The summed E-state index contributed by atoms with van der Waals surface area (Å²) >= 11 is 0. The van der Waals surface area contributed by atoms with Gasteiger partial charge in [0, 0.05) is 36.0 Å². The van der Waals surface area contributed by atoms with Crippen LogP contribution in [0.5, 0.6) is 0 Å². The molecular weight excluding hydrogens is 420 g/mol. The summed E-state index contributed by atoms with van der Waals surface area (Å²) in [7, 11) is 0. The maximum Gasteiger partial charge on any atom is 0.304 e. The molecule has 8 heteroatoms. The summed E-state index contributed by atoms with van der Waals surface area (Å²) in [6.07, 6.45) is 6.17. The van der Waals surface area contributed by atoms with Crippen LogP contribution in [0.25, 0.3) is 10.9 Å². The van der Waals surface area contributed by atoms with Crippen LogP contribution in [0.4, 0.5) is 0 Å². The number of hydrogen-bond acceptors (Lipinski definition) is 4. The number of carboxylic acid groups (broad SMARTS) is 1. The van der Waals surface area contributed by atoms with E-state index in [1.807, 2.05) is 44.3 Å². The first-order chi connectivity index (χ1) is 15.8. The van der Waals surface area contributed by atoms with Crippen molar-refractivity contribution in [1.29, 1.82) is 0 Å². The maximum atomic E-state index is 13.0. The van der Waals surface area contributed by atoms with Gasteiger partial charge in [0.25, 0.3) is 0 Å². The molecule has 0 saturated carbocycles. The number of para-hydroxylation sites is 1.